The highest BCUT2D eigenvalue weighted by atomic mass is 16.3. The van der Waals surface area contributed by atoms with Crippen LogP contribution in [0.3, 0.4) is 0 Å². The fourth-order valence-electron chi connectivity index (χ4n) is 2.60. The molecule has 0 unspecified atom stereocenters. The van der Waals surface area contributed by atoms with Crippen LogP contribution in [0.25, 0.3) is 0 Å². The Labute approximate surface area is 106 Å². The minimum Gasteiger partial charge on any atom is -0.472 e. The van der Waals surface area contributed by atoms with E-state index in [4.69, 9.17) is 4.42 Å². The van der Waals surface area contributed by atoms with Gasteiger partial charge < -0.3 is 9.32 Å². The third kappa shape index (κ3) is 1.72. The molecule has 1 aromatic carbocycles. The number of fused-ring (bicyclic) bond motifs is 1. The molecule has 0 saturated carbocycles. The van der Waals surface area contributed by atoms with Gasteiger partial charge >= 0.3 is 0 Å². The highest BCUT2D eigenvalue weighted by molar-refractivity contribution is 5.94. The lowest BCUT2D eigenvalue weighted by Crippen LogP contribution is -2.38. The van der Waals surface area contributed by atoms with Crippen LogP contribution in [0.4, 0.5) is 0 Å². The predicted molar refractivity (Wildman–Crippen MR) is 68.3 cm³/mol. The molecule has 1 amide bonds. The first-order valence-electron chi connectivity index (χ1n) is 6.18. The van der Waals surface area contributed by atoms with E-state index < -0.39 is 0 Å². The Balaban J connectivity index is 1.91. The molecule has 0 saturated heterocycles. The summed E-state index contributed by atoms with van der Waals surface area (Å²) in [6.07, 6.45) is 3.97. The van der Waals surface area contributed by atoms with Crippen LogP contribution in [0.1, 0.15) is 34.5 Å². The van der Waals surface area contributed by atoms with Gasteiger partial charge in [0, 0.05) is 6.54 Å². The van der Waals surface area contributed by atoms with Crippen molar-refractivity contribution in [3.05, 3.63) is 59.5 Å². The fourth-order valence-corrected chi connectivity index (χ4v) is 2.60. The zero-order chi connectivity index (χ0) is 12.5. The minimum absolute atomic E-state index is 0.0470. The van der Waals surface area contributed by atoms with Crippen LogP contribution in [-0.4, -0.2) is 17.4 Å². The van der Waals surface area contributed by atoms with Crippen LogP contribution in [-0.2, 0) is 6.42 Å². The monoisotopic (exact) mass is 241 g/mol. The first kappa shape index (κ1) is 11.1. The quantitative estimate of drug-likeness (QED) is 0.769. The third-order valence-electron chi connectivity index (χ3n) is 3.62. The van der Waals surface area contributed by atoms with E-state index in [1.54, 1.807) is 6.07 Å². The molecule has 92 valence electrons. The molecular weight excluding hydrogens is 226 g/mol. The van der Waals surface area contributed by atoms with Gasteiger partial charge in [0.1, 0.15) is 6.26 Å². The minimum atomic E-state index is 0.0470. The Hall–Kier alpha value is -2.03. The van der Waals surface area contributed by atoms with Gasteiger partial charge in [0.15, 0.2) is 0 Å². The summed E-state index contributed by atoms with van der Waals surface area (Å²) in [7, 11) is 0. The molecule has 2 heterocycles. The normalized spacial score (nSPS) is 18.5. The van der Waals surface area contributed by atoms with E-state index in [1.807, 2.05) is 11.0 Å². The lowest BCUT2D eigenvalue weighted by molar-refractivity contribution is 0.0677. The van der Waals surface area contributed by atoms with Crippen LogP contribution in [0.5, 0.6) is 0 Å². The summed E-state index contributed by atoms with van der Waals surface area (Å²) in [4.78, 5) is 14.3. The maximum atomic E-state index is 12.3. The lowest BCUT2D eigenvalue weighted by Gasteiger charge is -2.35. The van der Waals surface area contributed by atoms with Crippen molar-refractivity contribution in [1.29, 1.82) is 0 Å². The number of nitrogens with zero attached hydrogens (tertiary/aromatic N) is 1. The van der Waals surface area contributed by atoms with Gasteiger partial charge in [0.05, 0.1) is 17.9 Å². The summed E-state index contributed by atoms with van der Waals surface area (Å²) in [5, 5.41) is 0. The zero-order valence-electron chi connectivity index (χ0n) is 10.3. The van der Waals surface area contributed by atoms with Crippen molar-refractivity contribution in [2.45, 2.75) is 19.4 Å². The maximum Gasteiger partial charge on any atom is 0.257 e. The molecule has 0 N–H and O–H groups in total. The van der Waals surface area contributed by atoms with E-state index >= 15 is 0 Å². The van der Waals surface area contributed by atoms with Gasteiger partial charge in [0.2, 0.25) is 0 Å². The van der Waals surface area contributed by atoms with Crippen LogP contribution < -0.4 is 0 Å². The van der Waals surface area contributed by atoms with Crippen LogP contribution in [0, 0.1) is 0 Å². The molecule has 3 nitrogen and oxygen atoms in total. The molecule has 0 spiro atoms. The Morgan fingerprint density at radius 1 is 1.33 bits per heavy atom. The van der Waals surface area contributed by atoms with Crippen molar-refractivity contribution in [2.75, 3.05) is 6.54 Å². The number of rotatable bonds is 1. The largest absolute Gasteiger partial charge is 0.472 e. The standard InChI is InChI=1S/C15H15NO2/c1-11-14-5-3-2-4-12(14)6-8-16(11)15(17)13-7-9-18-10-13/h2-5,7,9-11H,6,8H2,1H3/t11-/m1/s1. The van der Waals surface area contributed by atoms with Crippen molar-refractivity contribution in [1.82, 2.24) is 4.90 Å². The van der Waals surface area contributed by atoms with Gasteiger partial charge in [-0.1, -0.05) is 24.3 Å². The zero-order valence-corrected chi connectivity index (χ0v) is 10.3. The van der Waals surface area contributed by atoms with Crippen LogP contribution in [0.15, 0.2) is 47.3 Å². The average Bonchev–Trinajstić information content (AvgIpc) is 2.93. The summed E-state index contributed by atoms with van der Waals surface area (Å²) in [6.45, 7) is 2.85. The molecular formula is C15H15NO2. The molecule has 1 atom stereocenters. The highest BCUT2D eigenvalue weighted by Crippen LogP contribution is 2.30. The smallest absolute Gasteiger partial charge is 0.257 e. The van der Waals surface area contributed by atoms with Crippen LogP contribution >= 0.6 is 0 Å². The highest BCUT2D eigenvalue weighted by Gasteiger charge is 2.28. The summed E-state index contributed by atoms with van der Waals surface area (Å²) in [5.41, 5.74) is 3.23. The molecule has 1 aromatic heterocycles. The second kappa shape index (κ2) is 4.33. The van der Waals surface area contributed by atoms with Crippen molar-refractivity contribution >= 4 is 5.91 Å². The number of carbonyl (C=O) groups is 1. The van der Waals surface area contributed by atoms with Gasteiger partial charge in [-0.3, -0.25) is 4.79 Å². The molecule has 0 fully saturated rings. The molecule has 0 aliphatic carbocycles. The van der Waals surface area contributed by atoms with E-state index in [1.165, 1.54) is 23.7 Å². The second-order valence-electron chi connectivity index (χ2n) is 4.64. The number of amides is 1. The lowest BCUT2D eigenvalue weighted by atomic mass is 9.93. The van der Waals surface area contributed by atoms with E-state index in [0.29, 0.717) is 5.56 Å². The number of benzene rings is 1. The number of hydrogen-bond acceptors (Lipinski definition) is 2. The summed E-state index contributed by atoms with van der Waals surface area (Å²) < 4.78 is 4.98. The van der Waals surface area contributed by atoms with Gasteiger partial charge in [-0.15, -0.1) is 0 Å². The Morgan fingerprint density at radius 3 is 2.94 bits per heavy atom. The second-order valence-corrected chi connectivity index (χ2v) is 4.64. The van der Waals surface area contributed by atoms with Crippen molar-refractivity contribution < 1.29 is 9.21 Å². The molecule has 3 rings (SSSR count). The molecule has 2 aromatic rings. The SMILES string of the molecule is C[C@@H]1c2ccccc2CCN1C(=O)c1ccoc1. The van der Waals surface area contributed by atoms with Crippen molar-refractivity contribution in [3.63, 3.8) is 0 Å². The van der Waals surface area contributed by atoms with Crippen molar-refractivity contribution in [3.8, 4) is 0 Å². The Morgan fingerprint density at radius 2 is 2.17 bits per heavy atom. The maximum absolute atomic E-state index is 12.3. The van der Waals surface area contributed by atoms with E-state index in [9.17, 15) is 4.79 Å². The van der Waals surface area contributed by atoms with E-state index in [-0.39, 0.29) is 11.9 Å². The first-order valence-corrected chi connectivity index (χ1v) is 6.18. The summed E-state index contributed by atoms with van der Waals surface area (Å²) in [5.74, 6) is 0.0470. The Bertz CT molecular complexity index is 560. The van der Waals surface area contributed by atoms with E-state index in [0.717, 1.165) is 13.0 Å². The number of furan rings is 1. The van der Waals surface area contributed by atoms with Gasteiger partial charge in [-0.2, -0.15) is 0 Å². The number of hydrogen-bond donors (Lipinski definition) is 0. The topological polar surface area (TPSA) is 33.5 Å². The van der Waals surface area contributed by atoms with E-state index in [2.05, 4.69) is 25.1 Å². The van der Waals surface area contributed by atoms with Gasteiger partial charge in [0.25, 0.3) is 5.91 Å². The molecule has 0 radical (unpaired) electrons. The molecule has 1 aliphatic heterocycles. The predicted octanol–water partition coefficient (Wildman–Crippen LogP) is 3.04. The number of carbonyl (C=O) groups excluding carboxylic acids is 1. The fraction of sp³-hybridized carbons (Fsp3) is 0.267. The van der Waals surface area contributed by atoms with Crippen molar-refractivity contribution in [2.24, 2.45) is 0 Å². The molecule has 0 bridgehead atoms. The summed E-state index contributed by atoms with van der Waals surface area (Å²) >= 11 is 0. The summed E-state index contributed by atoms with van der Waals surface area (Å²) in [6, 6.07) is 10.2. The van der Waals surface area contributed by atoms with Gasteiger partial charge in [-0.05, 0) is 30.5 Å². The average molecular weight is 241 g/mol. The molecule has 1 aliphatic rings. The third-order valence-corrected chi connectivity index (χ3v) is 3.62. The molecule has 3 heteroatoms. The first-order chi connectivity index (χ1) is 8.77. The van der Waals surface area contributed by atoms with Gasteiger partial charge in [-0.25, -0.2) is 0 Å². The Kier molecular flexibility index (Phi) is 2.67. The van der Waals surface area contributed by atoms with Crippen LogP contribution in [0.2, 0.25) is 0 Å². The molecule has 18 heavy (non-hydrogen) atoms.